The molecule has 3 heterocycles. The number of aliphatic hydroxyl groups is 1. The summed E-state index contributed by atoms with van der Waals surface area (Å²) in [5.41, 5.74) is 6.22. The molecule has 1 amide bonds. The first-order valence-electron chi connectivity index (χ1n) is 9.78. The summed E-state index contributed by atoms with van der Waals surface area (Å²) in [5, 5.41) is 13.6. The van der Waals surface area contributed by atoms with E-state index in [1.165, 1.54) is 24.4 Å². The molecule has 0 radical (unpaired) electrons. The molecule has 4 N–H and O–H groups in total. The van der Waals surface area contributed by atoms with Crippen molar-refractivity contribution in [2.75, 3.05) is 13.1 Å². The molecule has 0 unspecified atom stereocenters. The molecule has 1 aliphatic rings. The Balaban J connectivity index is 1.65. The molecule has 2 aromatic heterocycles. The van der Waals surface area contributed by atoms with Gasteiger partial charge in [-0.2, -0.15) is 0 Å². The Bertz CT molecular complexity index is 1210. The van der Waals surface area contributed by atoms with Crippen LogP contribution in [0.25, 0.3) is 11.3 Å². The lowest BCUT2D eigenvalue weighted by Crippen LogP contribution is -2.61. The van der Waals surface area contributed by atoms with E-state index in [4.69, 9.17) is 10.3 Å². The lowest BCUT2D eigenvalue weighted by atomic mass is 9.95. The number of aromatic amines is 1. The lowest BCUT2D eigenvalue weighted by Gasteiger charge is -2.44. The number of nitrogens with zero attached hydrogens (tertiary/aromatic N) is 3. The summed E-state index contributed by atoms with van der Waals surface area (Å²) in [6.45, 7) is 3.92. The van der Waals surface area contributed by atoms with Crippen LogP contribution in [0.15, 0.2) is 52.3 Å². The standard InChI is InChI=1S/C22H21F2N5O3/c1-12-13(21(30)29-10-22(2,31)11-29)9-26-20(12)16(6-7-25)27-18-8-17(28-32-18)19-14(23)4-3-5-15(19)24/h3-9,26,31H,10-11,25H2,1-2H3/b7-6-,27-16+. The van der Waals surface area contributed by atoms with Gasteiger partial charge >= 0.3 is 0 Å². The molecule has 32 heavy (non-hydrogen) atoms. The number of hydrogen-bond acceptors (Lipinski definition) is 6. The van der Waals surface area contributed by atoms with E-state index in [9.17, 15) is 18.7 Å². The predicted molar refractivity (Wildman–Crippen MR) is 113 cm³/mol. The van der Waals surface area contributed by atoms with Crippen molar-refractivity contribution in [3.63, 3.8) is 0 Å². The minimum atomic E-state index is -0.876. The summed E-state index contributed by atoms with van der Waals surface area (Å²) in [4.78, 5) is 21.6. The van der Waals surface area contributed by atoms with Crippen LogP contribution in [0.2, 0.25) is 0 Å². The van der Waals surface area contributed by atoms with Crippen LogP contribution in [0, 0.1) is 18.6 Å². The monoisotopic (exact) mass is 441 g/mol. The first kappa shape index (κ1) is 21.4. The van der Waals surface area contributed by atoms with Crippen LogP contribution in [0.3, 0.4) is 0 Å². The van der Waals surface area contributed by atoms with Gasteiger partial charge in [0.2, 0.25) is 0 Å². The molecule has 0 spiro atoms. The number of amides is 1. The summed E-state index contributed by atoms with van der Waals surface area (Å²) in [6.07, 6.45) is 4.31. The van der Waals surface area contributed by atoms with E-state index in [-0.39, 0.29) is 36.1 Å². The number of halogens is 2. The van der Waals surface area contributed by atoms with E-state index in [1.807, 2.05) is 0 Å². The summed E-state index contributed by atoms with van der Waals surface area (Å²) in [5.74, 6) is -1.77. The minimum absolute atomic E-state index is 0.00332. The number of nitrogens with one attached hydrogen (secondary N) is 1. The van der Waals surface area contributed by atoms with Gasteiger partial charge in [0.15, 0.2) is 0 Å². The van der Waals surface area contributed by atoms with Crippen molar-refractivity contribution < 1.29 is 23.2 Å². The number of β-amino-alcohol motifs (C(OH)–C–C–N with tert-alkyl or cyclic N) is 1. The normalized spacial score (nSPS) is 15.9. The number of allylic oxidation sites excluding steroid dienone is 1. The second-order valence-electron chi connectivity index (χ2n) is 7.86. The summed E-state index contributed by atoms with van der Waals surface area (Å²) in [6, 6.07) is 4.80. The van der Waals surface area contributed by atoms with Gasteiger partial charge in [-0.25, -0.2) is 13.8 Å². The molecule has 4 rings (SSSR count). The predicted octanol–water partition coefficient (Wildman–Crippen LogP) is 3.06. The van der Waals surface area contributed by atoms with E-state index >= 15 is 0 Å². The summed E-state index contributed by atoms with van der Waals surface area (Å²) < 4.78 is 33.2. The molecule has 3 aromatic rings. The zero-order valence-electron chi connectivity index (χ0n) is 17.4. The molecular weight excluding hydrogens is 420 g/mol. The molecule has 1 fully saturated rings. The molecule has 166 valence electrons. The van der Waals surface area contributed by atoms with Crippen LogP contribution in [0.4, 0.5) is 14.7 Å². The van der Waals surface area contributed by atoms with Gasteiger partial charge in [0.25, 0.3) is 11.8 Å². The van der Waals surface area contributed by atoms with Crippen LogP contribution < -0.4 is 5.73 Å². The summed E-state index contributed by atoms with van der Waals surface area (Å²) in [7, 11) is 0. The fourth-order valence-corrected chi connectivity index (χ4v) is 3.64. The molecule has 0 atom stereocenters. The smallest absolute Gasteiger partial charge is 0.255 e. The Kier molecular flexibility index (Phi) is 5.39. The molecule has 8 nitrogen and oxygen atoms in total. The number of benzene rings is 1. The van der Waals surface area contributed by atoms with Gasteiger partial charge in [-0.05, 0) is 43.8 Å². The summed E-state index contributed by atoms with van der Waals surface area (Å²) >= 11 is 0. The highest BCUT2D eigenvalue weighted by Gasteiger charge is 2.40. The van der Waals surface area contributed by atoms with Crippen molar-refractivity contribution in [1.29, 1.82) is 0 Å². The third-order valence-corrected chi connectivity index (χ3v) is 5.18. The molecule has 1 aromatic carbocycles. The first-order valence-corrected chi connectivity index (χ1v) is 9.78. The number of carbonyl (C=O) groups excluding carboxylic acids is 1. The van der Waals surface area contributed by atoms with E-state index in [2.05, 4.69) is 15.1 Å². The fourth-order valence-electron chi connectivity index (χ4n) is 3.64. The molecule has 1 aliphatic heterocycles. The topological polar surface area (TPSA) is 121 Å². The zero-order valence-corrected chi connectivity index (χ0v) is 17.4. The van der Waals surface area contributed by atoms with E-state index in [1.54, 1.807) is 24.9 Å². The van der Waals surface area contributed by atoms with Crippen LogP contribution in [-0.4, -0.2) is 50.5 Å². The van der Waals surface area contributed by atoms with Crippen molar-refractivity contribution in [2.45, 2.75) is 19.4 Å². The Hall–Kier alpha value is -3.79. The number of aliphatic imine (C=N–C) groups is 1. The van der Waals surface area contributed by atoms with Gasteiger partial charge in [0.1, 0.15) is 17.3 Å². The van der Waals surface area contributed by atoms with Crippen molar-refractivity contribution in [3.8, 4) is 11.3 Å². The average molecular weight is 441 g/mol. The average Bonchev–Trinajstić information content (AvgIpc) is 3.32. The number of H-pyrrole nitrogens is 1. The number of nitrogens with two attached hydrogens (primary N) is 1. The van der Waals surface area contributed by atoms with E-state index < -0.39 is 17.2 Å². The second-order valence-corrected chi connectivity index (χ2v) is 7.86. The molecule has 0 bridgehead atoms. The zero-order chi connectivity index (χ0) is 23.0. The van der Waals surface area contributed by atoms with E-state index in [0.29, 0.717) is 22.5 Å². The molecule has 10 heteroatoms. The number of rotatable bonds is 5. The SMILES string of the molecule is Cc1c(C(=O)N2CC(C)(O)C2)c[nH]c1C(/C=C\N)=N/c1cc(-c2c(F)cccc2F)no1. The molecule has 1 saturated heterocycles. The van der Waals surface area contributed by atoms with Gasteiger partial charge in [-0.15, -0.1) is 0 Å². The van der Waals surface area contributed by atoms with Gasteiger partial charge in [0.05, 0.1) is 41.2 Å². The Morgan fingerprint density at radius 2 is 2.06 bits per heavy atom. The van der Waals surface area contributed by atoms with Crippen molar-refractivity contribution >= 4 is 17.5 Å². The van der Waals surface area contributed by atoms with Crippen molar-refractivity contribution in [2.24, 2.45) is 10.7 Å². The first-order chi connectivity index (χ1) is 15.2. The maximum atomic E-state index is 14.0. The van der Waals surface area contributed by atoms with Crippen LogP contribution in [0.5, 0.6) is 0 Å². The minimum Gasteiger partial charge on any atom is -0.405 e. The Morgan fingerprint density at radius 3 is 2.69 bits per heavy atom. The maximum Gasteiger partial charge on any atom is 0.255 e. The molecular formula is C22H21F2N5O3. The van der Waals surface area contributed by atoms with Gasteiger partial charge < -0.3 is 25.2 Å². The highest BCUT2D eigenvalue weighted by molar-refractivity contribution is 6.11. The third-order valence-electron chi connectivity index (χ3n) is 5.18. The fraction of sp³-hybridized carbons (Fsp3) is 0.227. The van der Waals surface area contributed by atoms with Crippen molar-refractivity contribution in [3.05, 3.63) is 71.2 Å². The highest BCUT2D eigenvalue weighted by atomic mass is 19.1. The number of aromatic nitrogens is 2. The third kappa shape index (κ3) is 3.92. The maximum absolute atomic E-state index is 14.0. The molecule has 0 saturated carbocycles. The van der Waals surface area contributed by atoms with Crippen molar-refractivity contribution in [1.82, 2.24) is 15.0 Å². The highest BCUT2D eigenvalue weighted by Crippen LogP contribution is 2.29. The lowest BCUT2D eigenvalue weighted by molar-refractivity contribution is -0.0668. The quantitative estimate of drug-likeness (QED) is 0.526. The van der Waals surface area contributed by atoms with Gasteiger partial charge in [-0.3, -0.25) is 4.79 Å². The van der Waals surface area contributed by atoms with Crippen LogP contribution in [0.1, 0.15) is 28.5 Å². The second kappa shape index (κ2) is 8.04. The largest absolute Gasteiger partial charge is 0.405 e. The number of hydrogen-bond donors (Lipinski definition) is 3. The van der Waals surface area contributed by atoms with Gasteiger partial charge in [-0.1, -0.05) is 11.2 Å². The van der Waals surface area contributed by atoms with Crippen LogP contribution in [-0.2, 0) is 0 Å². The number of carbonyl (C=O) groups is 1. The number of likely N-dealkylation sites (tertiary alicyclic amines) is 1. The Morgan fingerprint density at radius 1 is 1.38 bits per heavy atom. The Labute approximate surface area is 182 Å². The molecule has 0 aliphatic carbocycles. The van der Waals surface area contributed by atoms with Gasteiger partial charge in [0, 0.05) is 12.3 Å². The van der Waals surface area contributed by atoms with E-state index in [0.717, 1.165) is 12.1 Å². The van der Waals surface area contributed by atoms with Crippen LogP contribution >= 0.6 is 0 Å².